The molecule has 134 valence electrons. The van der Waals surface area contributed by atoms with Crippen molar-refractivity contribution in [3.63, 3.8) is 0 Å². The molecule has 1 amide bonds. The van der Waals surface area contributed by atoms with Crippen molar-refractivity contribution in [3.8, 4) is 5.75 Å². The quantitative estimate of drug-likeness (QED) is 0.615. The van der Waals surface area contributed by atoms with Crippen LogP contribution in [-0.4, -0.2) is 12.5 Å². The predicted octanol–water partition coefficient (Wildman–Crippen LogP) is 5.44. The topological polar surface area (TPSA) is 50.4 Å². The lowest BCUT2D eigenvalue weighted by Crippen LogP contribution is -2.17. The highest BCUT2D eigenvalue weighted by molar-refractivity contribution is 9.10. The number of amides is 1. The largest absolute Gasteiger partial charge is 0.493 e. The van der Waals surface area contributed by atoms with Crippen LogP contribution in [0.3, 0.4) is 0 Å². The van der Waals surface area contributed by atoms with E-state index in [0.29, 0.717) is 13.2 Å². The Morgan fingerprint density at radius 1 is 1.12 bits per heavy atom. The van der Waals surface area contributed by atoms with E-state index in [9.17, 15) is 4.79 Å². The van der Waals surface area contributed by atoms with Gasteiger partial charge in [0, 0.05) is 33.9 Å². The van der Waals surface area contributed by atoms with E-state index < -0.39 is 0 Å². The Morgan fingerprint density at radius 3 is 2.44 bits per heavy atom. The average molecular weight is 405 g/mol. The summed E-state index contributed by atoms with van der Waals surface area (Å²) in [6.07, 6.45) is 0.979. The van der Waals surface area contributed by atoms with Gasteiger partial charge in [0.2, 0.25) is 5.91 Å². The number of carbonyl (C=O) groups excluding carboxylic acids is 1. The van der Waals surface area contributed by atoms with Gasteiger partial charge < -0.3 is 15.4 Å². The van der Waals surface area contributed by atoms with Crippen molar-refractivity contribution in [2.75, 3.05) is 17.2 Å². The summed E-state index contributed by atoms with van der Waals surface area (Å²) in [4.78, 5) is 11.7. The highest BCUT2D eigenvalue weighted by atomic mass is 79.9. The summed E-state index contributed by atoms with van der Waals surface area (Å²) in [7, 11) is 0. The van der Waals surface area contributed by atoms with Gasteiger partial charge in [0.25, 0.3) is 0 Å². The number of ether oxygens (including phenoxy) is 1. The zero-order valence-electron chi connectivity index (χ0n) is 14.9. The van der Waals surface area contributed by atoms with E-state index in [1.165, 1.54) is 0 Å². The van der Waals surface area contributed by atoms with Gasteiger partial charge in [-0.25, -0.2) is 0 Å². The fraction of sp³-hybridized carbons (Fsp3) is 0.350. The van der Waals surface area contributed by atoms with Crippen LogP contribution in [0.4, 0.5) is 11.4 Å². The molecule has 0 radical (unpaired) electrons. The lowest BCUT2D eigenvalue weighted by molar-refractivity contribution is -0.118. The molecule has 0 aliphatic rings. The first-order chi connectivity index (χ1) is 12.0. The normalized spacial score (nSPS) is 10.6. The van der Waals surface area contributed by atoms with Crippen LogP contribution >= 0.6 is 15.9 Å². The summed E-state index contributed by atoms with van der Waals surface area (Å²) in [5.74, 6) is 0.891. The summed E-state index contributed by atoms with van der Waals surface area (Å²) in [6, 6.07) is 13.8. The van der Waals surface area contributed by atoms with Crippen LogP contribution in [0.5, 0.6) is 5.75 Å². The van der Waals surface area contributed by atoms with E-state index in [-0.39, 0.29) is 11.8 Å². The van der Waals surface area contributed by atoms with Gasteiger partial charge in [-0.2, -0.15) is 0 Å². The van der Waals surface area contributed by atoms with Gasteiger partial charge in [-0.15, -0.1) is 0 Å². The molecule has 0 heterocycles. The van der Waals surface area contributed by atoms with Crippen molar-refractivity contribution in [2.45, 2.75) is 33.7 Å². The van der Waals surface area contributed by atoms with Crippen molar-refractivity contribution in [3.05, 3.63) is 52.5 Å². The SMILES string of the molecule is CCCOc1ccc(Br)cc1CNc1ccc(NC(=O)C(C)C)cc1. The first-order valence-electron chi connectivity index (χ1n) is 8.55. The molecule has 0 atom stereocenters. The summed E-state index contributed by atoms with van der Waals surface area (Å²) in [5, 5.41) is 6.28. The molecule has 2 aromatic carbocycles. The Balaban J connectivity index is 1.99. The zero-order chi connectivity index (χ0) is 18.2. The molecule has 0 fully saturated rings. The molecule has 0 saturated carbocycles. The molecule has 25 heavy (non-hydrogen) atoms. The summed E-state index contributed by atoms with van der Waals surface area (Å²) < 4.78 is 6.83. The van der Waals surface area contributed by atoms with Crippen molar-refractivity contribution in [2.24, 2.45) is 5.92 Å². The summed E-state index contributed by atoms with van der Waals surface area (Å²) >= 11 is 3.51. The van der Waals surface area contributed by atoms with Crippen LogP contribution in [0.25, 0.3) is 0 Å². The Labute approximate surface area is 158 Å². The number of halogens is 1. The zero-order valence-corrected chi connectivity index (χ0v) is 16.5. The van der Waals surface area contributed by atoms with E-state index in [1.54, 1.807) is 0 Å². The van der Waals surface area contributed by atoms with Gasteiger partial charge in [-0.1, -0.05) is 36.7 Å². The second-order valence-corrected chi connectivity index (χ2v) is 7.09. The second kappa shape index (κ2) is 9.47. The molecule has 0 saturated heterocycles. The average Bonchev–Trinajstić information content (AvgIpc) is 2.60. The molecule has 0 spiro atoms. The van der Waals surface area contributed by atoms with E-state index >= 15 is 0 Å². The minimum Gasteiger partial charge on any atom is -0.493 e. The van der Waals surface area contributed by atoms with Crippen molar-refractivity contribution >= 4 is 33.2 Å². The molecule has 4 nitrogen and oxygen atoms in total. The number of nitrogens with one attached hydrogen (secondary N) is 2. The minimum atomic E-state index is -0.0316. The molecular weight excluding hydrogens is 380 g/mol. The van der Waals surface area contributed by atoms with Crippen molar-refractivity contribution in [1.29, 1.82) is 0 Å². The monoisotopic (exact) mass is 404 g/mol. The first kappa shape index (κ1) is 19.3. The van der Waals surface area contributed by atoms with Crippen LogP contribution < -0.4 is 15.4 Å². The third kappa shape index (κ3) is 6.09. The van der Waals surface area contributed by atoms with Gasteiger partial charge >= 0.3 is 0 Å². The molecule has 0 bridgehead atoms. The van der Waals surface area contributed by atoms with Crippen LogP contribution in [-0.2, 0) is 11.3 Å². The molecule has 0 aliphatic heterocycles. The number of carbonyl (C=O) groups is 1. The highest BCUT2D eigenvalue weighted by Crippen LogP contribution is 2.25. The van der Waals surface area contributed by atoms with Gasteiger partial charge in [0.15, 0.2) is 0 Å². The van der Waals surface area contributed by atoms with Gasteiger partial charge in [0.1, 0.15) is 5.75 Å². The third-order valence-corrected chi connectivity index (χ3v) is 4.14. The molecule has 2 rings (SSSR count). The minimum absolute atomic E-state index is 0.0209. The maximum absolute atomic E-state index is 11.7. The number of hydrogen-bond acceptors (Lipinski definition) is 3. The number of anilines is 2. The van der Waals surface area contributed by atoms with E-state index in [2.05, 4.69) is 39.6 Å². The van der Waals surface area contributed by atoms with Crippen LogP contribution in [0.15, 0.2) is 46.9 Å². The fourth-order valence-electron chi connectivity index (χ4n) is 2.19. The van der Waals surface area contributed by atoms with Gasteiger partial charge in [-0.3, -0.25) is 4.79 Å². The molecular formula is C20H25BrN2O2. The maximum Gasteiger partial charge on any atom is 0.226 e. The number of rotatable bonds is 8. The molecule has 2 aromatic rings. The van der Waals surface area contributed by atoms with Crippen LogP contribution in [0.2, 0.25) is 0 Å². The lowest BCUT2D eigenvalue weighted by Gasteiger charge is -2.13. The Bertz CT molecular complexity index is 699. The smallest absolute Gasteiger partial charge is 0.226 e. The molecule has 0 aliphatic carbocycles. The lowest BCUT2D eigenvalue weighted by atomic mass is 10.2. The predicted molar refractivity (Wildman–Crippen MR) is 107 cm³/mol. The number of benzene rings is 2. The Kier molecular flexibility index (Phi) is 7.31. The number of hydrogen-bond donors (Lipinski definition) is 2. The second-order valence-electron chi connectivity index (χ2n) is 6.18. The van der Waals surface area contributed by atoms with E-state index in [1.807, 2.05) is 50.2 Å². The summed E-state index contributed by atoms with van der Waals surface area (Å²) in [5.41, 5.74) is 2.89. The standard InChI is InChI=1S/C20H25BrN2O2/c1-4-11-25-19-10-5-16(21)12-15(19)13-22-17-6-8-18(9-7-17)23-20(24)14(2)3/h5-10,12,14,22H,4,11,13H2,1-3H3,(H,23,24). The van der Waals surface area contributed by atoms with Gasteiger partial charge in [0.05, 0.1) is 6.61 Å². The van der Waals surface area contributed by atoms with Gasteiger partial charge in [-0.05, 0) is 48.9 Å². The van der Waals surface area contributed by atoms with E-state index in [4.69, 9.17) is 4.74 Å². The Hall–Kier alpha value is -2.01. The molecule has 0 unspecified atom stereocenters. The fourth-order valence-corrected chi connectivity index (χ4v) is 2.60. The summed E-state index contributed by atoms with van der Waals surface area (Å²) in [6.45, 7) is 7.22. The molecule has 5 heteroatoms. The first-order valence-corrected chi connectivity index (χ1v) is 9.35. The molecule has 2 N–H and O–H groups in total. The third-order valence-electron chi connectivity index (χ3n) is 3.64. The molecule has 0 aromatic heterocycles. The van der Waals surface area contributed by atoms with Crippen LogP contribution in [0.1, 0.15) is 32.8 Å². The van der Waals surface area contributed by atoms with Crippen molar-refractivity contribution < 1.29 is 9.53 Å². The van der Waals surface area contributed by atoms with Crippen molar-refractivity contribution in [1.82, 2.24) is 0 Å². The van der Waals surface area contributed by atoms with Crippen LogP contribution in [0, 0.1) is 5.92 Å². The maximum atomic E-state index is 11.7. The highest BCUT2D eigenvalue weighted by Gasteiger charge is 2.07. The Morgan fingerprint density at radius 2 is 1.80 bits per heavy atom. The van der Waals surface area contributed by atoms with E-state index in [0.717, 1.165) is 33.6 Å².